The third kappa shape index (κ3) is 7.38. The quantitative estimate of drug-likeness (QED) is 0.453. The van der Waals surface area contributed by atoms with Crippen LogP contribution in [0.3, 0.4) is 0 Å². The van der Waals surface area contributed by atoms with E-state index in [-0.39, 0.29) is 18.0 Å². The van der Waals surface area contributed by atoms with Crippen molar-refractivity contribution < 1.29 is 14.3 Å². The topological polar surface area (TPSA) is 89.2 Å². The summed E-state index contributed by atoms with van der Waals surface area (Å²) in [6, 6.07) is 14.7. The monoisotopic (exact) mass is 562 g/mol. The van der Waals surface area contributed by atoms with Crippen molar-refractivity contribution in [2.75, 3.05) is 63.6 Å². The van der Waals surface area contributed by atoms with Crippen LogP contribution in [0.15, 0.2) is 66.0 Å². The lowest BCUT2D eigenvalue weighted by Gasteiger charge is -2.34. The molecule has 0 aromatic heterocycles. The second-order valence-corrected chi connectivity index (χ2v) is 11.3. The number of rotatable bonds is 7. The second kappa shape index (κ2) is 13.3. The molecule has 3 aliphatic heterocycles. The van der Waals surface area contributed by atoms with Crippen molar-refractivity contribution in [1.82, 2.24) is 20.0 Å². The van der Waals surface area contributed by atoms with Gasteiger partial charge in [-0.25, -0.2) is 4.79 Å². The minimum Gasteiger partial charge on any atom is -0.378 e. The van der Waals surface area contributed by atoms with Crippen molar-refractivity contribution in [3.63, 3.8) is 0 Å². The van der Waals surface area contributed by atoms with Crippen LogP contribution in [0.4, 0.5) is 16.2 Å². The van der Waals surface area contributed by atoms with Crippen LogP contribution in [0.5, 0.6) is 0 Å². The van der Waals surface area contributed by atoms with Crippen LogP contribution < -0.4 is 16.0 Å². The summed E-state index contributed by atoms with van der Waals surface area (Å²) in [4.78, 5) is 33.3. The van der Waals surface area contributed by atoms with E-state index in [1.54, 1.807) is 36.0 Å². The minimum absolute atomic E-state index is 0.0773. The van der Waals surface area contributed by atoms with Gasteiger partial charge in [-0.3, -0.25) is 4.79 Å². The zero-order chi connectivity index (χ0) is 27.9. The Kier molecular flexibility index (Phi) is 9.30. The third-order valence-corrected chi connectivity index (χ3v) is 8.48. The Bertz CT molecular complexity index is 1230. The SMILES string of the molecule is CCN1C=C(c2ccc(NC(=O)Nc3ccc(C(=O)NC4CCN(C)CC4)cc3)cc2)SC(N2CCOCC2)=C1. The van der Waals surface area contributed by atoms with Gasteiger partial charge in [0.05, 0.1) is 18.2 Å². The van der Waals surface area contributed by atoms with Crippen molar-refractivity contribution in [1.29, 1.82) is 0 Å². The van der Waals surface area contributed by atoms with Crippen molar-refractivity contribution in [3.8, 4) is 0 Å². The fourth-order valence-electron chi connectivity index (χ4n) is 4.88. The number of urea groups is 1. The molecule has 0 atom stereocenters. The van der Waals surface area contributed by atoms with E-state index in [1.165, 1.54) is 9.93 Å². The summed E-state index contributed by atoms with van der Waals surface area (Å²) in [5, 5.41) is 10.1. The van der Waals surface area contributed by atoms with Crippen molar-refractivity contribution in [3.05, 3.63) is 77.1 Å². The van der Waals surface area contributed by atoms with E-state index in [0.29, 0.717) is 16.9 Å². The van der Waals surface area contributed by atoms with Gasteiger partial charge in [-0.05, 0) is 81.9 Å². The molecule has 10 heteroatoms. The molecule has 2 aromatic rings. The highest BCUT2D eigenvalue weighted by Crippen LogP contribution is 2.39. The van der Waals surface area contributed by atoms with Crippen LogP contribution in [0.2, 0.25) is 0 Å². The van der Waals surface area contributed by atoms with E-state index >= 15 is 0 Å². The zero-order valence-corrected chi connectivity index (χ0v) is 24.0. The van der Waals surface area contributed by atoms with E-state index in [0.717, 1.165) is 64.3 Å². The molecule has 40 heavy (non-hydrogen) atoms. The number of hydrogen-bond donors (Lipinski definition) is 3. The summed E-state index contributed by atoms with van der Waals surface area (Å²) in [5.41, 5.74) is 3.01. The smallest absolute Gasteiger partial charge is 0.323 e. The van der Waals surface area contributed by atoms with Crippen molar-refractivity contribution >= 4 is 40.0 Å². The number of benzene rings is 2. The molecule has 0 unspecified atom stereocenters. The lowest BCUT2D eigenvalue weighted by atomic mass is 10.0. The molecule has 2 aromatic carbocycles. The van der Waals surface area contributed by atoms with E-state index in [2.05, 4.69) is 57.0 Å². The number of carbonyl (C=O) groups is 2. The second-order valence-electron chi connectivity index (χ2n) is 10.3. The van der Waals surface area contributed by atoms with Gasteiger partial charge in [0.25, 0.3) is 5.91 Å². The average molecular weight is 563 g/mol. The molecule has 0 aliphatic carbocycles. The Morgan fingerprint density at radius 1 is 0.900 bits per heavy atom. The highest BCUT2D eigenvalue weighted by Gasteiger charge is 2.21. The van der Waals surface area contributed by atoms with Gasteiger partial charge in [-0.1, -0.05) is 23.9 Å². The number of likely N-dealkylation sites (tertiary alicyclic amines) is 1. The molecule has 3 heterocycles. The third-order valence-electron chi connectivity index (χ3n) is 7.35. The molecule has 3 N–H and O–H groups in total. The Morgan fingerprint density at radius 3 is 2.15 bits per heavy atom. The first kappa shape index (κ1) is 28.1. The standard InChI is InChI=1S/C30H38N6O3S/c1-3-35-20-27(40-28(21-35)36-16-18-39-19-17-36)22-4-8-24(9-5-22)32-30(38)33-25-10-6-23(7-11-25)29(37)31-26-12-14-34(2)15-13-26/h4-11,20-21,26H,3,12-19H2,1-2H3,(H,31,37)(H2,32,33,38). The molecule has 2 saturated heterocycles. The summed E-state index contributed by atoms with van der Waals surface area (Å²) in [5.74, 6) is -0.0773. The van der Waals surface area contributed by atoms with E-state index in [9.17, 15) is 9.59 Å². The van der Waals surface area contributed by atoms with Gasteiger partial charge in [0.2, 0.25) is 0 Å². The van der Waals surface area contributed by atoms with Crippen molar-refractivity contribution in [2.45, 2.75) is 25.8 Å². The molecule has 3 amide bonds. The van der Waals surface area contributed by atoms with Crippen LogP contribution >= 0.6 is 11.8 Å². The molecule has 3 aliphatic rings. The Balaban J connectivity index is 1.13. The van der Waals surface area contributed by atoms with E-state index in [1.807, 2.05) is 24.3 Å². The Hall–Kier alpha value is -3.47. The predicted octanol–water partition coefficient (Wildman–Crippen LogP) is 4.65. The summed E-state index contributed by atoms with van der Waals surface area (Å²) in [6.07, 6.45) is 6.29. The number of ether oxygens (including phenoxy) is 1. The number of piperidine rings is 1. The Morgan fingerprint density at radius 2 is 1.52 bits per heavy atom. The number of nitrogens with zero attached hydrogens (tertiary/aromatic N) is 3. The molecular weight excluding hydrogens is 524 g/mol. The van der Waals surface area contributed by atoms with Gasteiger partial charge in [0.15, 0.2) is 0 Å². The van der Waals surface area contributed by atoms with Crippen LogP contribution in [0.1, 0.15) is 35.7 Å². The van der Waals surface area contributed by atoms with Gasteiger partial charge in [-0.2, -0.15) is 0 Å². The average Bonchev–Trinajstić information content (AvgIpc) is 2.99. The minimum atomic E-state index is -0.336. The summed E-state index contributed by atoms with van der Waals surface area (Å²) < 4.78 is 5.52. The van der Waals surface area contributed by atoms with Crippen LogP contribution in [0, 0.1) is 0 Å². The molecule has 212 valence electrons. The maximum Gasteiger partial charge on any atom is 0.323 e. The fraction of sp³-hybridized carbons (Fsp3) is 0.400. The van der Waals surface area contributed by atoms with Gasteiger partial charge in [0, 0.05) is 59.9 Å². The highest BCUT2D eigenvalue weighted by atomic mass is 32.2. The van der Waals surface area contributed by atoms with E-state index < -0.39 is 0 Å². The largest absolute Gasteiger partial charge is 0.378 e. The lowest BCUT2D eigenvalue weighted by Crippen LogP contribution is -2.43. The lowest BCUT2D eigenvalue weighted by molar-refractivity contribution is 0.0571. The van der Waals surface area contributed by atoms with Gasteiger partial charge in [0.1, 0.15) is 0 Å². The van der Waals surface area contributed by atoms with E-state index in [4.69, 9.17) is 4.74 Å². The fourth-order valence-corrected chi connectivity index (χ4v) is 6.05. The number of morpholine rings is 1. The normalized spacial score (nSPS) is 18.6. The van der Waals surface area contributed by atoms with Gasteiger partial charge < -0.3 is 35.4 Å². The summed E-state index contributed by atoms with van der Waals surface area (Å²) in [7, 11) is 2.10. The summed E-state index contributed by atoms with van der Waals surface area (Å²) in [6.45, 7) is 8.32. The van der Waals surface area contributed by atoms with Crippen LogP contribution in [-0.4, -0.2) is 85.7 Å². The first-order chi connectivity index (χ1) is 19.5. The molecule has 0 radical (unpaired) electrons. The maximum atomic E-state index is 12.6. The number of anilines is 2. The first-order valence-electron chi connectivity index (χ1n) is 13.9. The molecule has 2 fully saturated rings. The summed E-state index contributed by atoms with van der Waals surface area (Å²) >= 11 is 1.77. The molecule has 0 saturated carbocycles. The number of hydrogen-bond acceptors (Lipinski definition) is 7. The molecule has 9 nitrogen and oxygen atoms in total. The number of carbonyl (C=O) groups excluding carboxylic acids is 2. The van der Waals surface area contributed by atoms with Crippen LogP contribution in [0.25, 0.3) is 4.91 Å². The first-order valence-corrected chi connectivity index (χ1v) is 14.8. The highest BCUT2D eigenvalue weighted by molar-refractivity contribution is 8.11. The zero-order valence-electron chi connectivity index (χ0n) is 23.2. The van der Waals surface area contributed by atoms with Crippen LogP contribution in [-0.2, 0) is 4.74 Å². The number of thioether (sulfide) groups is 1. The van der Waals surface area contributed by atoms with Gasteiger partial charge >= 0.3 is 6.03 Å². The van der Waals surface area contributed by atoms with Gasteiger partial charge in [-0.15, -0.1) is 0 Å². The number of nitrogens with one attached hydrogen (secondary N) is 3. The number of amides is 3. The maximum absolute atomic E-state index is 12.6. The van der Waals surface area contributed by atoms with Crippen molar-refractivity contribution in [2.24, 2.45) is 0 Å². The molecule has 0 bridgehead atoms. The molecule has 0 spiro atoms. The Labute approximate surface area is 240 Å². The predicted molar refractivity (Wildman–Crippen MR) is 162 cm³/mol. The molecule has 5 rings (SSSR count). The molecular formula is C30H38N6O3S.